The Morgan fingerprint density at radius 2 is 2.05 bits per heavy atom. The highest BCUT2D eigenvalue weighted by Crippen LogP contribution is 2.29. The van der Waals surface area contributed by atoms with E-state index in [9.17, 15) is 4.79 Å². The second-order valence-corrected chi connectivity index (χ2v) is 6.43. The summed E-state index contributed by atoms with van der Waals surface area (Å²) in [7, 11) is 4.06. The Bertz CT molecular complexity index is 496. The minimum atomic E-state index is 0. The highest BCUT2D eigenvalue weighted by molar-refractivity contribution is 5.94. The van der Waals surface area contributed by atoms with Gasteiger partial charge in [-0.1, -0.05) is 19.1 Å². The molecule has 1 aliphatic heterocycles. The van der Waals surface area contributed by atoms with Gasteiger partial charge in [-0.25, -0.2) is 0 Å². The Morgan fingerprint density at radius 3 is 2.59 bits per heavy atom. The molecule has 0 aromatic heterocycles. The summed E-state index contributed by atoms with van der Waals surface area (Å²) in [5, 5.41) is 0. The van der Waals surface area contributed by atoms with E-state index in [4.69, 9.17) is 5.73 Å². The van der Waals surface area contributed by atoms with Crippen molar-refractivity contribution in [2.75, 3.05) is 33.7 Å². The van der Waals surface area contributed by atoms with E-state index in [-0.39, 0.29) is 36.1 Å². The zero-order chi connectivity index (χ0) is 14.8. The van der Waals surface area contributed by atoms with E-state index in [1.807, 2.05) is 37.2 Å². The molecule has 4 nitrogen and oxygen atoms in total. The number of halogens is 2. The van der Waals surface area contributed by atoms with Crippen LogP contribution in [0.1, 0.15) is 29.3 Å². The quantitative estimate of drug-likeness (QED) is 0.909. The Morgan fingerprint density at radius 1 is 1.36 bits per heavy atom. The third kappa shape index (κ3) is 5.13. The molecule has 126 valence electrons. The molecule has 6 heteroatoms. The molecule has 0 saturated carbocycles. The summed E-state index contributed by atoms with van der Waals surface area (Å²) < 4.78 is 0. The molecule has 0 aliphatic carbocycles. The first-order valence-corrected chi connectivity index (χ1v) is 7.16. The summed E-state index contributed by atoms with van der Waals surface area (Å²) in [6.07, 6.45) is 0.993. The maximum Gasteiger partial charge on any atom is 0.253 e. The number of carbonyl (C=O) groups excluding carboxylic acids is 1. The number of hydrogen-bond acceptors (Lipinski definition) is 3. The lowest BCUT2D eigenvalue weighted by molar-refractivity contribution is 0.0776. The van der Waals surface area contributed by atoms with Gasteiger partial charge in [0.2, 0.25) is 0 Å². The summed E-state index contributed by atoms with van der Waals surface area (Å²) in [6, 6.07) is 7.93. The van der Waals surface area contributed by atoms with Gasteiger partial charge in [0.05, 0.1) is 0 Å². The van der Waals surface area contributed by atoms with Crippen molar-refractivity contribution < 1.29 is 4.79 Å². The van der Waals surface area contributed by atoms with Gasteiger partial charge in [-0.15, -0.1) is 24.8 Å². The lowest BCUT2D eigenvalue weighted by atomic mass is 9.90. The molecule has 1 aromatic rings. The molecule has 1 saturated heterocycles. The minimum Gasteiger partial charge on any atom is -0.338 e. The van der Waals surface area contributed by atoms with Crippen LogP contribution in [0.25, 0.3) is 0 Å². The molecular weight excluding hydrogens is 321 g/mol. The van der Waals surface area contributed by atoms with E-state index in [1.165, 1.54) is 5.56 Å². The van der Waals surface area contributed by atoms with E-state index < -0.39 is 0 Å². The van der Waals surface area contributed by atoms with Gasteiger partial charge in [-0.2, -0.15) is 0 Å². The predicted molar refractivity (Wildman–Crippen MR) is 96.0 cm³/mol. The Kier molecular flexibility index (Phi) is 8.40. The SMILES string of the molecule is CN(C)Cc1cccc(C(=O)N2CCC(C)(CN)C2)c1.Cl.Cl. The number of amides is 1. The van der Waals surface area contributed by atoms with Crippen molar-refractivity contribution in [1.29, 1.82) is 0 Å². The predicted octanol–water partition coefficient (Wildman–Crippen LogP) is 2.40. The number of nitrogens with two attached hydrogens (primary N) is 1. The number of nitrogens with zero attached hydrogens (tertiary/aromatic N) is 2. The molecule has 22 heavy (non-hydrogen) atoms. The third-order valence-electron chi connectivity index (χ3n) is 4.01. The summed E-state index contributed by atoms with van der Waals surface area (Å²) >= 11 is 0. The fourth-order valence-electron chi connectivity index (χ4n) is 2.71. The largest absolute Gasteiger partial charge is 0.338 e. The smallest absolute Gasteiger partial charge is 0.253 e. The highest BCUT2D eigenvalue weighted by Gasteiger charge is 2.35. The third-order valence-corrected chi connectivity index (χ3v) is 4.01. The highest BCUT2D eigenvalue weighted by atomic mass is 35.5. The minimum absolute atomic E-state index is 0. The van der Waals surface area contributed by atoms with Crippen LogP contribution in [0, 0.1) is 5.41 Å². The van der Waals surface area contributed by atoms with Crippen LogP contribution in [0.2, 0.25) is 0 Å². The number of likely N-dealkylation sites (tertiary alicyclic amines) is 1. The second kappa shape index (κ2) is 8.73. The van der Waals surface area contributed by atoms with E-state index in [0.29, 0.717) is 6.54 Å². The van der Waals surface area contributed by atoms with E-state index in [2.05, 4.69) is 17.9 Å². The molecule has 2 N–H and O–H groups in total. The molecule has 1 heterocycles. The molecule has 0 bridgehead atoms. The number of carbonyl (C=O) groups is 1. The van der Waals surface area contributed by atoms with Gasteiger partial charge in [0.1, 0.15) is 0 Å². The molecule has 1 amide bonds. The first-order chi connectivity index (χ1) is 9.43. The van der Waals surface area contributed by atoms with Gasteiger partial charge < -0.3 is 15.5 Å². The van der Waals surface area contributed by atoms with Crippen LogP contribution in [0.5, 0.6) is 0 Å². The van der Waals surface area contributed by atoms with E-state index >= 15 is 0 Å². The van der Waals surface area contributed by atoms with Crippen LogP contribution in [0.4, 0.5) is 0 Å². The van der Waals surface area contributed by atoms with Gasteiger partial charge in [0, 0.05) is 25.2 Å². The molecule has 1 aliphatic rings. The maximum absolute atomic E-state index is 12.6. The molecule has 1 aromatic carbocycles. The summed E-state index contributed by atoms with van der Waals surface area (Å²) in [5.41, 5.74) is 7.84. The zero-order valence-corrected chi connectivity index (χ0v) is 15.2. The van der Waals surface area contributed by atoms with E-state index in [1.54, 1.807) is 0 Å². The number of rotatable bonds is 4. The number of hydrogen-bond donors (Lipinski definition) is 1. The molecule has 1 atom stereocenters. The molecule has 2 rings (SSSR count). The van der Waals surface area contributed by atoms with Crippen molar-refractivity contribution in [3.8, 4) is 0 Å². The molecular formula is C16H27Cl2N3O. The van der Waals surface area contributed by atoms with Crippen molar-refractivity contribution in [1.82, 2.24) is 9.80 Å². The lowest BCUT2D eigenvalue weighted by Crippen LogP contribution is -2.34. The topological polar surface area (TPSA) is 49.6 Å². The zero-order valence-electron chi connectivity index (χ0n) is 13.5. The average Bonchev–Trinajstić information content (AvgIpc) is 2.81. The van der Waals surface area contributed by atoms with Crippen LogP contribution in [0.3, 0.4) is 0 Å². The summed E-state index contributed by atoms with van der Waals surface area (Å²) in [6.45, 7) is 5.21. The van der Waals surface area contributed by atoms with Crippen LogP contribution >= 0.6 is 24.8 Å². The fourth-order valence-corrected chi connectivity index (χ4v) is 2.71. The van der Waals surface area contributed by atoms with Crippen LogP contribution in [-0.2, 0) is 6.54 Å². The van der Waals surface area contributed by atoms with Crippen LogP contribution < -0.4 is 5.73 Å². The van der Waals surface area contributed by atoms with Crippen molar-refractivity contribution in [3.05, 3.63) is 35.4 Å². The molecule has 1 fully saturated rings. The first kappa shape index (κ1) is 21.2. The summed E-state index contributed by atoms with van der Waals surface area (Å²) in [5.74, 6) is 0.128. The first-order valence-electron chi connectivity index (χ1n) is 7.16. The second-order valence-electron chi connectivity index (χ2n) is 6.43. The standard InChI is InChI=1S/C16H25N3O.2ClH/c1-16(11-17)7-8-19(12-16)15(20)14-6-4-5-13(9-14)10-18(2)3;;/h4-6,9H,7-8,10-12,17H2,1-3H3;2*1H. The van der Waals surface area contributed by atoms with Gasteiger partial charge in [-0.05, 0) is 50.2 Å². The van der Waals surface area contributed by atoms with Crippen LogP contribution in [0.15, 0.2) is 24.3 Å². The van der Waals surface area contributed by atoms with Crippen molar-refractivity contribution in [3.63, 3.8) is 0 Å². The van der Waals surface area contributed by atoms with Gasteiger partial charge in [-0.3, -0.25) is 4.79 Å². The molecule has 0 spiro atoms. The maximum atomic E-state index is 12.6. The fraction of sp³-hybridized carbons (Fsp3) is 0.562. The Hall–Kier alpha value is -0.810. The van der Waals surface area contributed by atoms with Gasteiger partial charge in [0.25, 0.3) is 5.91 Å². The van der Waals surface area contributed by atoms with Crippen molar-refractivity contribution in [2.45, 2.75) is 19.9 Å². The lowest BCUT2D eigenvalue weighted by Gasteiger charge is -2.22. The normalized spacial score (nSPS) is 20.5. The number of benzene rings is 1. The van der Waals surface area contributed by atoms with Crippen molar-refractivity contribution in [2.24, 2.45) is 11.1 Å². The summed E-state index contributed by atoms with van der Waals surface area (Å²) in [4.78, 5) is 16.6. The van der Waals surface area contributed by atoms with Crippen molar-refractivity contribution >= 4 is 30.7 Å². The van der Waals surface area contributed by atoms with Gasteiger partial charge >= 0.3 is 0 Å². The molecule has 0 radical (unpaired) electrons. The monoisotopic (exact) mass is 347 g/mol. The Labute approximate surface area is 145 Å². The van der Waals surface area contributed by atoms with Crippen LogP contribution in [-0.4, -0.2) is 49.4 Å². The molecule has 1 unspecified atom stereocenters. The van der Waals surface area contributed by atoms with E-state index in [0.717, 1.165) is 31.6 Å². The average molecular weight is 348 g/mol. The van der Waals surface area contributed by atoms with Gasteiger partial charge in [0.15, 0.2) is 0 Å². The Balaban J connectivity index is 0.00000220.